The molecule has 0 radical (unpaired) electrons. The zero-order valence-electron chi connectivity index (χ0n) is 20.4. The van der Waals surface area contributed by atoms with Gasteiger partial charge in [-0.3, -0.25) is 0 Å². The molecule has 0 aliphatic heterocycles. The first kappa shape index (κ1) is 28.1. The molecule has 1 aromatic rings. The minimum absolute atomic E-state index is 0.0244. The number of unbranched alkanes of at least 4 members (excludes halogenated alkanes) is 14. The first-order valence-corrected chi connectivity index (χ1v) is 13.0. The number of rotatable bonds is 19. The Morgan fingerprint density at radius 2 is 0.844 bits per heavy atom. The van der Waals surface area contributed by atoms with Crippen LogP contribution in [0.25, 0.3) is 0 Å². The molecule has 0 amide bonds. The molecule has 5 heteroatoms. The molecule has 0 saturated heterocycles. The number of aromatic hydroxyl groups is 3. The molecule has 184 valence electrons. The van der Waals surface area contributed by atoms with Crippen LogP contribution in [0.15, 0.2) is 0 Å². The van der Waals surface area contributed by atoms with Crippen LogP contribution in [-0.4, -0.2) is 26.4 Å². The number of hydrogen-bond donors (Lipinski definition) is 4. The Hall–Kier alpha value is -1.91. The van der Waals surface area contributed by atoms with Crippen LogP contribution in [0.2, 0.25) is 0 Å². The molecule has 0 spiro atoms. The molecule has 0 unspecified atom stereocenters. The summed E-state index contributed by atoms with van der Waals surface area (Å²) in [6.07, 6.45) is 18.7. The predicted molar refractivity (Wildman–Crippen MR) is 131 cm³/mol. The van der Waals surface area contributed by atoms with Gasteiger partial charge in [-0.05, 0) is 25.7 Å². The first-order valence-electron chi connectivity index (χ1n) is 13.0. The van der Waals surface area contributed by atoms with Crippen LogP contribution in [0.5, 0.6) is 17.2 Å². The second-order valence-corrected chi connectivity index (χ2v) is 9.13. The van der Waals surface area contributed by atoms with E-state index < -0.39 is 23.2 Å². The van der Waals surface area contributed by atoms with Crippen molar-refractivity contribution in [1.29, 1.82) is 0 Å². The van der Waals surface area contributed by atoms with Crippen LogP contribution in [0.3, 0.4) is 0 Å². The number of phenolic OH excluding ortho intramolecular Hbond substituents is 3. The summed E-state index contributed by atoms with van der Waals surface area (Å²) in [5.41, 5.74) is 0.491. The van der Waals surface area contributed by atoms with Crippen LogP contribution in [0.1, 0.15) is 138 Å². The van der Waals surface area contributed by atoms with Crippen molar-refractivity contribution in [3.63, 3.8) is 0 Å². The lowest BCUT2D eigenvalue weighted by molar-refractivity contribution is 0.0693. The lowest BCUT2D eigenvalue weighted by Gasteiger charge is -2.17. The summed E-state index contributed by atoms with van der Waals surface area (Å²) in [6, 6.07) is 0. The van der Waals surface area contributed by atoms with Crippen molar-refractivity contribution < 1.29 is 25.2 Å². The van der Waals surface area contributed by atoms with E-state index in [2.05, 4.69) is 13.8 Å². The van der Waals surface area contributed by atoms with Crippen molar-refractivity contribution >= 4 is 5.97 Å². The van der Waals surface area contributed by atoms with Crippen molar-refractivity contribution in [3.05, 3.63) is 16.7 Å². The fourth-order valence-corrected chi connectivity index (χ4v) is 4.43. The van der Waals surface area contributed by atoms with Gasteiger partial charge in [-0.25, -0.2) is 4.79 Å². The van der Waals surface area contributed by atoms with E-state index in [0.717, 1.165) is 38.5 Å². The fourth-order valence-electron chi connectivity index (χ4n) is 4.43. The quantitative estimate of drug-likeness (QED) is 0.127. The standard InChI is InChI=1S/C27H46O5/c1-3-5-7-9-11-13-15-17-19-21-23(27(31)32)22(25(29)26(30)24(21)28)20-18-16-14-12-10-8-6-4-2/h28-30H,3-20H2,1-2H3,(H,31,32). The number of carboxylic acids is 1. The summed E-state index contributed by atoms with van der Waals surface area (Å²) in [5, 5.41) is 40.8. The molecule has 1 aromatic carbocycles. The zero-order chi connectivity index (χ0) is 23.8. The zero-order valence-corrected chi connectivity index (χ0v) is 20.4. The Balaban J connectivity index is 2.69. The Bertz CT molecular complexity index is 621. The largest absolute Gasteiger partial charge is 0.504 e. The second kappa shape index (κ2) is 16.7. The molecule has 0 atom stereocenters. The molecule has 0 bridgehead atoms. The molecule has 0 aromatic heterocycles. The predicted octanol–water partition coefficient (Wildman–Crippen LogP) is 7.87. The molecular formula is C27H46O5. The molecule has 4 N–H and O–H groups in total. The SMILES string of the molecule is CCCCCCCCCCc1c(O)c(O)c(O)c(CCCCCCCCCC)c1C(=O)O. The lowest BCUT2D eigenvalue weighted by atomic mass is 9.91. The number of carboxylic acid groups (broad SMARTS) is 1. The maximum atomic E-state index is 12.0. The maximum absolute atomic E-state index is 12.0. The van der Waals surface area contributed by atoms with Crippen LogP contribution >= 0.6 is 0 Å². The van der Waals surface area contributed by atoms with E-state index in [0.29, 0.717) is 12.8 Å². The maximum Gasteiger partial charge on any atom is 0.336 e. The molecule has 0 heterocycles. The van der Waals surface area contributed by atoms with Gasteiger partial charge < -0.3 is 20.4 Å². The summed E-state index contributed by atoms with van der Waals surface area (Å²) in [7, 11) is 0. The van der Waals surface area contributed by atoms with Crippen LogP contribution in [-0.2, 0) is 12.8 Å². The van der Waals surface area contributed by atoms with Crippen molar-refractivity contribution in [3.8, 4) is 17.2 Å². The van der Waals surface area contributed by atoms with Gasteiger partial charge in [0.05, 0.1) is 5.56 Å². The van der Waals surface area contributed by atoms with E-state index in [9.17, 15) is 25.2 Å². The monoisotopic (exact) mass is 450 g/mol. The van der Waals surface area contributed by atoms with E-state index in [4.69, 9.17) is 0 Å². The van der Waals surface area contributed by atoms with Gasteiger partial charge >= 0.3 is 5.97 Å². The smallest absolute Gasteiger partial charge is 0.336 e. The molecule has 0 fully saturated rings. The minimum atomic E-state index is -1.15. The summed E-state index contributed by atoms with van der Waals surface area (Å²) in [4.78, 5) is 12.0. The Labute approximate surface area is 194 Å². The van der Waals surface area contributed by atoms with Crippen molar-refractivity contribution in [1.82, 2.24) is 0 Å². The summed E-state index contributed by atoms with van der Waals surface area (Å²) in [6.45, 7) is 4.39. The number of phenols is 3. The van der Waals surface area contributed by atoms with Crippen molar-refractivity contribution in [2.75, 3.05) is 0 Å². The summed E-state index contributed by atoms with van der Waals surface area (Å²) >= 11 is 0. The average Bonchev–Trinajstić information content (AvgIpc) is 2.77. The molecule has 0 saturated carbocycles. The molecule has 1 rings (SSSR count). The second-order valence-electron chi connectivity index (χ2n) is 9.13. The highest BCUT2D eigenvalue weighted by molar-refractivity contribution is 5.94. The third kappa shape index (κ3) is 9.70. The third-order valence-electron chi connectivity index (χ3n) is 6.40. The summed E-state index contributed by atoms with van der Waals surface area (Å²) in [5.74, 6) is -2.70. The highest BCUT2D eigenvalue weighted by atomic mass is 16.4. The summed E-state index contributed by atoms with van der Waals surface area (Å²) < 4.78 is 0. The van der Waals surface area contributed by atoms with E-state index in [1.807, 2.05) is 0 Å². The van der Waals surface area contributed by atoms with Crippen molar-refractivity contribution in [2.24, 2.45) is 0 Å². The number of carbonyl (C=O) groups is 1. The number of hydrogen-bond acceptors (Lipinski definition) is 4. The van der Waals surface area contributed by atoms with E-state index in [1.54, 1.807) is 0 Å². The molecule has 0 aliphatic rings. The van der Waals surface area contributed by atoms with Gasteiger partial charge in [-0.1, -0.05) is 104 Å². The minimum Gasteiger partial charge on any atom is -0.504 e. The van der Waals surface area contributed by atoms with E-state index >= 15 is 0 Å². The lowest BCUT2D eigenvalue weighted by Crippen LogP contribution is -2.09. The molecule has 5 nitrogen and oxygen atoms in total. The van der Waals surface area contributed by atoms with E-state index in [1.165, 1.54) is 64.2 Å². The van der Waals surface area contributed by atoms with Gasteiger partial charge in [0.25, 0.3) is 0 Å². The van der Waals surface area contributed by atoms with Crippen molar-refractivity contribution in [2.45, 2.75) is 129 Å². The fraction of sp³-hybridized carbons (Fsp3) is 0.741. The van der Waals surface area contributed by atoms with Gasteiger partial charge in [0.15, 0.2) is 11.5 Å². The first-order chi connectivity index (χ1) is 15.5. The normalized spacial score (nSPS) is 11.2. The Morgan fingerprint density at radius 3 is 1.16 bits per heavy atom. The average molecular weight is 451 g/mol. The van der Waals surface area contributed by atoms with Crippen LogP contribution in [0, 0.1) is 0 Å². The van der Waals surface area contributed by atoms with Gasteiger partial charge in [0.2, 0.25) is 5.75 Å². The molecular weight excluding hydrogens is 404 g/mol. The highest BCUT2D eigenvalue weighted by Crippen LogP contribution is 2.44. The third-order valence-corrected chi connectivity index (χ3v) is 6.40. The van der Waals surface area contributed by atoms with Gasteiger partial charge in [-0.2, -0.15) is 0 Å². The number of aromatic carboxylic acids is 1. The Morgan fingerprint density at radius 1 is 0.531 bits per heavy atom. The van der Waals surface area contributed by atoms with E-state index in [-0.39, 0.29) is 16.7 Å². The van der Waals surface area contributed by atoms with Gasteiger partial charge in [0, 0.05) is 11.1 Å². The Kier molecular flexibility index (Phi) is 14.7. The molecule has 0 aliphatic carbocycles. The van der Waals surface area contributed by atoms with Gasteiger partial charge in [-0.15, -0.1) is 0 Å². The molecule has 32 heavy (non-hydrogen) atoms. The van der Waals surface area contributed by atoms with Gasteiger partial charge in [0.1, 0.15) is 0 Å². The topological polar surface area (TPSA) is 98.0 Å². The highest BCUT2D eigenvalue weighted by Gasteiger charge is 2.26. The van der Waals surface area contributed by atoms with Crippen LogP contribution in [0.4, 0.5) is 0 Å². The number of benzene rings is 1. The van der Waals surface area contributed by atoms with Crippen LogP contribution < -0.4 is 0 Å².